The SMILES string of the molecule is CNc1ccncc1C(=O)NC(C1CC1)C1CC1. The molecule has 1 heterocycles. The second-order valence-corrected chi connectivity index (χ2v) is 5.35. The molecule has 0 aliphatic heterocycles. The number of carbonyl (C=O) groups excluding carboxylic acids is 1. The van der Waals surface area contributed by atoms with Crippen LogP contribution in [0.25, 0.3) is 0 Å². The van der Waals surface area contributed by atoms with Gasteiger partial charge < -0.3 is 10.6 Å². The number of carbonyl (C=O) groups is 1. The molecule has 1 amide bonds. The zero-order valence-corrected chi connectivity index (χ0v) is 10.6. The van der Waals surface area contributed by atoms with Crippen molar-refractivity contribution in [2.45, 2.75) is 31.7 Å². The molecule has 4 heteroatoms. The molecule has 2 aliphatic carbocycles. The summed E-state index contributed by atoms with van der Waals surface area (Å²) in [6.45, 7) is 0. The molecule has 1 aromatic heterocycles. The standard InChI is InChI=1S/C14H19N3O/c1-15-12-6-7-16-8-11(12)14(18)17-13(9-2-3-9)10-4-5-10/h6-10,13H,2-5H2,1H3,(H,15,16)(H,17,18). The molecule has 2 saturated carbocycles. The van der Waals surface area contributed by atoms with Crippen molar-refractivity contribution < 1.29 is 4.79 Å². The van der Waals surface area contributed by atoms with E-state index in [1.165, 1.54) is 25.7 Å². The summed E-state index contributed by atoms with van der Waals surface area (Å²) in [5.74, 6) is 1.45. The summed E-state index contributed by atoms with van der Waals surface area (Å²) >= 11 is 0. The lowest BCUT2D eigenvalue weighted by Gasteiger charge is -2.18. The largest absolute Gasteiger partial charge is 0.387 e. The molecule has 1 aromatic rings. The maximum absolute atomic E-state index is 12.3. The summed E-state index contributed by atoms with van der Waals surface area (Å²) in [6.07, 6.45) is 8.42. The number of hydrogen-bond donors (Lipinski definition) is 2. The molecule has 2 aliphatic rings. The number of aromatic nitrogens is 1. The number of rotatable bonds is 5. The van der Waals surface area contributed by atoms with Crippen molar-refractivity contribution in [1.29, 1.82) is 0 Å². The summed E-state index contributed by atoms with van der Waals surface area (Å²) < 4.78 is 0. The fourth-order valence-electron chi connectivity index (χ4n) is 2.55. The molecule has 0 radical (unpaired) electrons. The zero-order chi connectivity index (χ0) is 12.5. The smallest absolute Gasteiger partial charge is 0.255 e. The molecule has 0 unspecified atom stereocenters. The monoisotopic (exact) mass is 245 g/mol. The van der Waals surface area contributed by atoms with E-state index in [1.807, 2.05) is 13.1 Å². The van der Waals surface area contributed by atoms with E-state index >= 15 is 0 Å². The highest BCUT2D eigenvalue weighted by atomic mass is 16.1. The molecular formula is C14H19N3O. The van der Waals surface area contributed by atoms with E-state index in [1.54, 1.807) is 12.4 Å². The number of hydrogen-bond acceptors (Lipinski definition) is 3. The van der Waals surface area contributed by atoms with Crippen LogP contribution in [0.15, 0.2) is 18.5 Å². The van der Waals surface area contributed by atoms with E-state index in [2.05, 4.69) is 15.6 Å². The normalized spacial score (nSPS) is 18.8. The lowest BCUT2D eigenvalue weighted by molar-refractivity contribution is 0.0927. The highest BCUT2D eigenvalue weighted by Crippen LogP contribution is 2.44. The molecular weight excluding hydrogens is 226 g/mol. The summed E-state index contributed by atoms with van der Waals surface area (Å²) in [7, 11) is 1.82. The lowest BCUT2D eigenvalue weighted by Crippen LogP contribution is -2.38. The van der Waals surface area contributed by atoms with Crippen LogP contribution in [0, 0.1) is 11.8 Å². The highest BCUT2D eigenvalue weighted by Gasteiger charge is 2.42. The van der Waals surface area contributed by atoms with Crippen molar-refractivity contribution in [1.82, 2.24) is 10.3 Å². The maximum atomic E-state index is 12.3. The number of amides is 1. The van der Waals surface area contributed by atoms with Crippen LogP contribution in [0.5, 0.6) is 0 Å². The molecule has 0 aromatic carbocycles. The molecule has 2 N–H and O–H groups in total. The number of pyridine rings is 1. The van der Waals surface area contributed by atoms with Crippen molar-refractivity contribution in [3.05, 3.63) is 24.0 Å². The Balaban J connectivity index is 1.73. The number of nitrogens with zero attached hydrogens (tertiary/aromatic N) is 1. The molecule has 0 atom stereocenters. The Morgan fingerprint density at radius 1 is 1.33 bits per heavy atom. The number of anilines is 1. The molecule has 96 valence electrons. The van der Waals surface area contributed by atoms with Crippen LogP contribution >= 0.6 is 0 Å². The van der Waals surface area contributed by atoms with Gasteiger partial charge >= 0.3 is 0 Å². The first-order chi connectivity index (χ1) is 8.79. The summed E-state index contributed by atoms with van der Waals surface area (Å²) in [6, 6.07) is 2.22. The van der Waals surface area contributed by atoms with E-state index in [4.69, 9.17) is 0 Å². The molecule has 0 saturated heterocycles. The van der Waals surface area contributed by atoms with Crippen molar-refractivity contribution in [3.63, 3.8) is 0 Å². The minimum atomic E-state index is 0.0104. The van der Waals surface area contributed by atoms with Crippen molar-refractivity contribution in [2.75, 3.05) is 12.4 Å². The Labute approximate surface area is 107 Å². The second kappa shape index (κ2) is 4.59. The first-order valence-corrected chi connectivity index (χ1v) is 6.72. The predicted molar refractivity (Wildman–Crippen MR) is 70.5 cm³/mol. The fraction of sp³-hybridized carbons (Fsp3) is 0.571. The van der Waals surface area contributed by atoms with Gasteiger partial charge in [-0.05, 0) is 43.6 Å². The van der Waals surface area contributed by atoms with E-state index in [-0.39, 0.29) is 5.91 Å². The van der Waals surface area contributed by atoms with Crippen molar-refractivity contribution in [2.24, 2.45) is 11.8 Å². The average Bonchev–Trinajstić information content (AvgIpc) is 3.29. The van der Waals surface area contributed by atoms with Gasteiger partial charge in [-0.3, -0.25) is 9.78 Å². The Hall–Kier alpha value is -1.58. The summed E-state index contributed by atoms with van der Waals surface area (Å²) in [5.41, 5.74) is 1.49. The third-order valence-corrected chi connectivity index (χ3v) is 3.89. The highest BCUT2D eigenvalue weighted by molar-refractivity contribution is 5.99. The Kier molecular flexibility index (Phi) is 2.94. The van der Waals surface area contributed by atoms with E-state index < -0.39 is 0 Å². The molecule has 0 bridgehead atoms. The molecule has 4 nitrogen and oxygen atoms in total. The van der Waals surface area contributed by atoms with Gasteiger partial charge in [-0.25, -0.2) is 0 Å². The van der Waals surface area contributed by atoms with Gasteiger partial charge in [0.05, 0.1) is 5.56 Å². The fourth-order valence-corrected chi connectivity index (χ4v) is 2.55. The topological polar surface area (TPSA) is 54.0 Å². The van der Waals surface area contributed by atoms with Crippen molar-refractivity contribution in [3.8, 4) is 0 Å². The summed E-state index contributed by atoms with van der Waals surface area (Å²) in [4.78, 5) is 16.3. The van der Waals surface area contributed by atoms with Crippen LogP contribution in [0.3, 0.4) is 0 Å². The Morgan fingerprint density at radius 2 is 2.00 bits per heavy atom. The maximum Gasteiger partial charge on any atom is 0.255 e. The van der Waals surface area contributed by atoms with Gasteiger partial charge in [0, 0.05) is 31.2 Å². The Morgan fingerprint density at radius 3 is 2.56 bits per heavy atom. The van der Waals surface area contributed by atoms with Crippen molar-refractivity contribution >= 4 is 11.6 Å². The van der Waals surface area contributed by atoms with Gasteiger partial charge in [-0.1, -0.05) is 0 Å². The first-order valence-electron chi connectivity index (χ1n) is 6.72. The van der Waals surface area contributed by atoms with Gasteiger partial charge in [0.15, 0.2) is 0 Å². The quantitative estimate of drug-likeness (QED) is 0.834. The second-order valence-electron chi connectivity index (χ2n) is 5.35. The zero-order valence-electron chi connectivity index (χ0n) is 10.6. The lowest BCUT2D eigenvalue weighted by atomic mass is 10.1. The van der Waals surface area contributed by atoms with Gasteiger partial charge in [-0.2, -0.15) is 0 Å². The first kappa shape index (κ1) is 11.5. The third-order valence-electron chi connectivity index (χ3n) is 3.89. The van der Waals surface area contributed by atoms with Crippen LogP contribution in [0.4, 0.5) is 5.69 Å². The van der Waals surface area contributed by atoms with Gasteiger partial charge in [-0.15, -0.1) is 0 Å². The van der Waals surface area contributed by atoms with Gasteiger partial charge in [0.2, 0.25) is 0 Å². The van der Waals surface area contributed by atoms with Crippen LogP contribution in [-0.2, 0) is 0 Å². The minimum absolute atomic E-state index is 0.0104. The van der Waals surface area contributed by atoms with E-state index in [0.29, 0.717) is 11.6 Å². The third kappa shape index (κ3) is 2.33. The predicted octanol–water partition coefficient (Wildman–Crippen LogP) is 2.04. The van der Waals surface area contributed by atoms with Crippen LogP contribution < -0.4 is 10.6 Å². The summed E-state index contributed by atoms with van der Waals surface area (Å²) in [5, 5.41) is 6.25. The molecule has 2 fully saturated rings. The minimum Gasteiger partial charge on any atom is -0.387 e. The van der Waals surface area contributed by atoms with Crippen LogP contribution in [-0.4, -0.2) is 24.0 Å². The van der Waals surface area contributed by atoms with Gasteiger partial charge in [0.1, 0.15) is 0 Å². The van der Waals surface area contributed by atoms with E-state index in [9.17, 15) is 4.79 Å². The molecule has 18 heavy (non-hydrogen) atoms. The molecule has 3 rings (SSSR count). The van der Waals surface area contributed by atoms with Crippen LogP contribution in [0.1, 0.15) is 36.0 Å². The molecule has 0 spiro atoms. The number of nitrogens with one attached hydrogen (secondary N) is 2. The average molecular weight is 245 g/mol. The van der Waals surface area contributed by atoms with E-state index in [0.717, 1.165) is 17.5 Å². The van der Waals surface area contributed by atoms with Gasteiger partial charge in [0.25, 0.3) is 5.91 Å². The Bertz CT molecular complexity index is 440. The van der Waals surface area contributed by atoms with Crippen LogP contribution in [0.2, 0.25) is 0 Å².